The summed E-state index contributed by atoms with van der Waals surface area (Å²) >= 11 is 1.40. The first kappa shape index (κ1) is 15.4. The third kappa shape index (κ3) is 4.22. The molecule has 1 aromatic carbocycles. The number of hydrazone groups is 1. The van der Waals surface area contributed by atoms with Crippen molar-refractivity contribution in [1.82, 2.24) is 4.98 Å². The van der Waals surface area contributed by atoms with Crippen LogP contribution in [0.15, 0.2) is 22.6 Å². The van der Waals surface area contributed by atoms with Gasteiger partial charge in [-0.15, -0.1) is 11.3 Å². The number of aromatic nitrogens is 1. The maximum Gasteiger partial charge on any atom is 0.203 e. The summed E-state index contributed by atoms with van der Waals surface area (Å²) in [7, 11) is 0. The summed E-state index contributed by atoms with van der Waals surface area (Å²) < 4.78 is 32.5. The van der Waals surface area contributed by atoms with E-state index >= 15 is 0 Å². The van der Waals surface area contributed by atoms with Crippen molar-refractivity contribution >= 4 is 22.7 Å². The van der Waals surface area contributed by atoms with E-state index in [1.54, 1.807) is 0 Å². The van der Waals surface area contributed by atoms with Gasteiger partial charge in [-0.3, -0.25) is 5.43 Å². The molecule has 0 amide bonds. The first-order valence-electron chi connectivity index (χ1n) is 6.43. The number of thiazole rings is 1. The van der Waals surface area contributed by atoms with Crippen LogP contribution in [0, 0.1) is 18.6 Å². The van der Waals surface area contributed by atoms with Crippen molar-refractivity contribution in [2.45, 2.75) is 20.3 Å². The summed E-state index contributed by atoms with van der Waals surface area (Å²) in [6, 6.07) is 2.35. The Balaban J connectivity index is 2.06. The van der Waals surface area contributed by atoms with Gasteiger partial charge in [0, 0.05) is 10.9 Å². The summed E-state index contributed by atoms with van der Waals surface area (Å²) in [6.07, 6.45) is 2.01. The molecule has 0 aliphatic heterocycles. The highest BCUT2D eigenvalue weighted by molar-refractivity contribution is 7.13. The Morgan fingerprint density at radius 2 is 2.10 bits per heavy atom. The molecule has 0 bridgehead atoms. The number of aryl methyl sites for hydroxylation is 1. The molecule has 2 rings (SSSR count). The zero-order valence-corrected chi connectivity index (χ0v) is 12.5. The van der Waals surface area contributed by atoms with Gasteiger partial charge in [0.25, 0.3) is 0 Å². The smallest absolute Gasteiger partial charge is 0.203 e. The predicted molar refractivity (Wildman–Crippen MR) is 80.2 cm³/mol. The fourth-order valence-electron chi connectivity index (χ4n) is 1.56. The van der Waals surface area contributed by atoms with Gasteiger partial charge in [-0.25, -0.2) is 13.8 Å². The fraction of sp³-hybridized carbons (Fsp3) is 0.286. The van der Waals surface area contributed by atoms with Gasteiger partial charge < -0.3 is 4.74 Å². The van der Waals surface area contributed by atoms with Gasteiger partial charge in [0.05, 0.1) is 18.5 Å². The van der Waals surface area contributed by atoms with Crippen LogP contribution in [-0.4, -0.2) is 17.8 Å². The van der Waals surface area contributed by atoms with Crippen LogP contribution in [0.1, 0.15) is 24.6 Å². The Hall–Kier alpha value is -2.02. The maximum atomic E-state index is 13.7. The SMILES string of the molecule is CCCOc1c(F)cc(C=NNc2nc(C)cs2)cc1F. The van der Waals surface area contributed by atoms with Gasteiger partial charge in [0.15, 0.2) is 17.4 Å². The molecule has 0 unspecified atom stereocenters. The molecule has 4 nitrogen and oxygen atoms in total. The van der Waals surface area contributed by atoms with Crippen molar-refractivity contribution in [2.24, 2.45) is 5.10 Å². The molecule has 0 aliphatic carbocycles. The van der Waals surface area contributed by atoms with E-state index in [1.807, 2.05) is 19.2 Å². The molecule has 0 radical (unpaired) electrons. The van der Waals surface area contributed by atoms with Crippen LogP contribution in [0.2, 0.25) is 0 Å². The standard InChI is InChI=1S/C14H15F2N3OS/c1-3-4-20-13-11(15)5-10(6-12(13)16)7-17-19-14-18-9(2)8-21-14/h5-8H,3-4H2,1-2H3,(H,18,19). The molecule has 7 heteroatoms. The van der Waals surface area contributed by atoms with Crippen LogP contribution in [0.5, 0.6) is 5.75 Å². The van der Waals surface area contributed by atoms with E-state index in [2.05, 4.69) is 15.5 Å². The van der Waals surface area contributed by atoms with E-state index in [4.69, 9.17) is 4.74 Å². The quantitative estimate of drug-likeness (QED) is 0.649. The molecule has 2 aromatic rings. The van der Waals surface area contributed by atoms with Crippen LogP contribution in [-0.2, 0) is 0 Å². The van der Waals surface area contributed by atoms with Crippen molar-refractivity contribution < 1.29 is 13.5 Å². The normalized spacial score (nSPS) is 11.0. The maximum absolute atomic E-state index is 13.7. The van der Waals surface area contributed by atoms with Gasteiger partial charge in [0.2, 0.25) is 5.13 Å². The van der Waals surface area contributed by atoms with Crippen LogP contribution in [0.25, 0.3) is 0 Å². The monoisotopic (exact) mass is 311 g/mol. The number of benzene rings is 1. The number of ether oxygens (including phenoxy) is 1. The zero-order chi connectivity index (χ0) is 15.2. The lowest BCUT2D eigenvalue weighted by molar-refractivity contribution is 0.285. The van der Waals surface area contributed by atoms with Gasteiger partial charge in [-0.2, -0.15) is 5.10 Å². The minimum Gasteiger partial charge on any atom is -0.488 e. The van der Waals surface area contributed by atoms with Gasteiger partial charge in [0.1, 0.15) is 0 Å². The summed E-state index contributed by atoms with van der Waals surface area (Å²) in [5.41, 5.74) is 3.88. The second kappa shape index (κ2) is 7.12. The Kier molecular flexibility index (Phi) is 5.21. The molecule has 0 spiro atoms. The lowest BCUT2D eigenvalue weighted by atomic mass is 10.2. The minimum absolute atomic E-state index is 0.270. The van der Waals surface area contributed by atoms with Crippen molar-refractivity contribution in [2.75, 3.05) is 12.0 Å². The van der Waals surface area contributed by atoms with E-state index in [1.165, 1.54) is 29.7 Å². The van der Waals surface area contributed by atoms with Gasteiger partial charge in [-0.1, -0.05) is 6.92 Å². The first-order chi connectivity index (χ1) is 10.1. The summed E-state index contributed by atoms with van der Waals surface area (Å²) in [5.74, 6) is -1.83. The van der Waals surface area contributed by atoms with Crippen molar-refractivity contribution in [3.8, 4) is 5.75 Å². The molecular weight excluding hydrogens is 296 g/mol. The number of hydrogen-bond donors (Lipinski definition) is 1. The Morgan fingerprint density at radius 3 is 2.67 bits per heavy atom. The average molecular weight is 311 g/mol. The van der Waals surface area contributed by atoms with Crippen molar-refractivity contribution in [1.29, 1.82) is 0 Å². The second-order valence-electron chi connectivity index (χ2n) is 4.33. The Labute approximate surface area is 125 Å². The third-order valence-electron chi connectivity index (χ3n) is 2.46. The molecule has 1 aromatic heterocycles. The van der Waals surface area contributed by atoms with Crippen molar-refractivity contribution in [3.05, 3.63) is 40.4 Å². The topological polar surface area (TPSA) is 46.5 Å². The molecule has 112 valence electrons. The molecule has 0 saturated heterocycles. The average Bonchev–Trinajstić information content (AvgIpc) is 2.84. The van der Waals surface area contributed by atoms with E-state index in [-0.39, 0.29) is 12.4 Å². The van der Waals surface area contributed by atoms with E-state index in [0.717, 1.165) is 5.69 Å². The molecular formula is C14H15F2N3OS. The second-order valence-corrected chi connectivity index (χ2v) is 5.18. The minimum atomic E-state index is -0.741. The highest BCUT2D eigenvalue weighted by atomic mass is 32.1. The fourth-order valence-corrected chi connectivity index (χ4v) is 2.20. The highest BCUT2D eigenvalue weighted by Gasteiger charge is 2.11. The van der Waals surface area contributed by atoms with E-state index < -0.39 is 11.6 Å². The number of nitrogens with zero attached hydrogens (tertiary/aromatic N) is 2. The van der Waals surface area contributed by atoms with Crippen LogP contribution < -0.4 is 10.2 Å². The molecule has 0 aliphatic rings. The number of halogens is 2. The van der Waals surface area contributed by atoms with Crippen LogP contribution >= 0.6 is 11.3 Å². The lowest BCUT2D eigenvalue weighted by Crippen LogP contribution is -2.01. The summed E-state index contributed by atoms with van der Waals surface area (Å²) in [6.45, 7) is 4.00. The predicted octanol–water partition coefficient (Wildman–Crippen LogP) is 3.96. The summed E-state index contributed by atoms with van der Waals surface area (Å²) in [5, 5.41) is 6.39. The highest BCUT2D eigenvalue weighted by Crippen LogP contribution is 2.23. The zero-order valence-electron chi connectivity index (χ0n) is 11.7. The number of rotatable bonds is 6. The van der Waals surface area contributed by atoms with Gasteiger partial charge in [-0.05, 0) is 25.5 Å². The Morgan fingerprint density at radius 1 is 1.38 bits per heavy atom. The Bertz CT molecular complexity index is 620. The lowest BCUT2D eigenvalue weighted by Gasteiger charge is -2.07. The molecule has 1 N–H and O–H groups in total. The molecule has 21 heavy (non-hydrogen) atoms. The molecule has 0 saturated carbocycles. The molecule has 0 atom stereocenters. The number of hydrogen-bond acceptors (Lipinski definition) is 5. The van der Waals surface area contributed by atoms with E-state index in [0.29, 0.717) is 17.1 Å². The number of anilines is 1. The van der Waals surface area contributed by atoms with Crippen LogP contribution in [0.3, 0.4) is 0 Å². The van der Waals surface area contributed by atoms with Crippen LogP contribution in [0.4, 0.5) is 13.9 Å². The summed E-state index contributed by atoms with van der Waals surface area (Å²) in [4.78, 5) is 4.15. The molecule has 0 fully saturated rings. The third-order valence-corrected chi connectivity index (χ3v) is 3.33. The number of nitrogens with one attached hydrogen (secondary N) is 1. The molecule has 1 heterocycles. The van der Waals surface area contributed by atoms with Crippen molar-refractivity contribution in [3.63, 3.8) is 0 Å². The largest absolute Gasteiger partial charge is 0.488 e. The first-order valence-corrected chi connectivity index (χ1v) is 7.31. The van der Waals surface area contributed by atoms with Gasteiger partial charge >= 0.3 is 0 Å². The van der Waals surface area contributed by atoms with E-state index in [9.17, 15) is 8.78 Å².